The molecule has 0 heterocycles. The summed E-state index contributed by atoms with van der Waals surface area (Å²) in [5.41, 5.74) is 1.62. The average Bonchev–Trinajstić information content (AvgIpc) is 2.25. The van der Waals surface area contributed by atoms with Crippen LogP contribution in [0.15, 0.2) is 18.2 Å². The first-order valence-corrected chi connectivity index (χ1v) is 5.15. The summed E-state index contributed by atoms with van der Waals surface area (Å²) in [6.45, 7) is 0.617. The number of hydrogen-bond donors (Lipinski definition) is 0. The lowest BCUT2D eigenvalue weighted by molar-refractivity contribution is 0.626. The Morgan fingerprint density at radius 1 is 1.53 bits per heavy atom. The van der Waals surface area contributed by atoms with Gasteiger partial charge < -0.3 is 4.90 Å². The first-order chi connectivity index (χ1) is 7.19. The van der Waals surface area contributed by atoms with E-state index in [1.54, 1.807) is 6.07 Å². The number of hydrogen-bond acceptors (Lipinski definition) is 2. The van der Waals surface area contributed by atoms with Gasteiger partial charge in [0.15, 0.2) is 0 Å². The van der Waals surface area contributed by atoms with Gasteiger partial charge in [-0.25, -0.2) is 4.39 Å². The molecule has 0 amide bonds. The van der Waals surface area contributed by atoms with Crippen molar-refractivity contribution in [3.63, 3.8) is 0 Å². The molecule has 2 nitrogen and oxygen atoms in total. The quantitative estimate of drug-likeness (QED) is 0.739. The number of halogens is 2. The number of anilines is 1. The van der Waals surface area contributed by atoms with E-state index in [1.807, 2.05) is 11.9 Å². The van der Waals surface area contributed by atoms with E-state index < -0.39 is 0 Å². The third-order valence-corrected chi connectivity index (χ3v) is 2.44. The van der Waals surface area contributed by atoms with Crippen molar-refractivity contribution in [2.45, 2.75) is 12.3 Å². The molecule has 0 saturated heterocycles. The van der Waals surface area contributed by atoms with Crippen LogP contribution >= 0.6 is 11.6 Å². The van der Waals surface area contributed by atoms with Crippen molar-refractivity contribution < 1.29 is 4.39 Å². The molecular weight excluding hydrogens is 215 g/mol. The minimum absolute atomic E-state index is 0.268. The van der Waals surface area contributed by atoms with Crippen LogP contribution in [0.4, 0.5) is 10.1 Å². The predicted molar refractivity (Wildman–Crippen MR) is 59.5 cm³/mol. The van der Waals surface area contributed by atoms with E-state index >= 15 is 0 Å². The van der Waals surface area contributed by atoms with Gasteiger partial charge in [0.2, 0.25) is 0 Å². The van der Waals surface area contributed by atoms with Crippen LogP contribution in [-0.2, 0) is 5.88 Å². The molecule has 0 aliphatic carbocycles. The Morgan fingerprint density at radius 3 is 2.87 bits per heavy atom. The molecule has 15 heavy (non-hydrogen) atoms. The van der Waals surface area contributed by atoms with Crippen LogP contribution in [-0.4, -0.2) is 13.6 Å². The van der Waals surface area contributed by atoms with Gasteiger partial charge in [-0.2, -0.15) is 5.26 Å². The fourth-order valence-electron chi connectivity index (χ4n) is 1.37. The standard InChI is InChI=1S/C11H12ClFN2/c1-15(6-2-5-14)11-4-3-10(13)7-9(11)8-12/h3-4,7H,2,6,8H2,1H3. The van der Waals surface area contributed by atoms with Crippen LogP contribution in [0.25, 0.3) is 0 Å². The molecule has 0 saturated carbocycles. The number of benzene rings is 1. The number of nitriles is 1. The summed E-state index contributed by atoms with van der Waals surface area (Å²) in [4.78, 5) is 1.90. The molecule has 4 heteroatoms. The molecule has 0 unspecified atom stereocenters. The molecule has 80 valence electrons. The van der Waals surface area contributed by atoms with Gasteiger partial charge in [0.05, 0.1) is 12.5 Å². The van der Waals surface area contributed by atoms with E-state index in [-0.39, 0.29) is 11.7 Å². The van der Waals surface area contributed by atoms with Crippen LogP contribution < -0.4 is 4.90 Å². The molecule has 0 bridgehead atoms. The van der Waals surface area contributed by atoms with Crippen LogP contribution in [0.2, 0.25) is 0 Å². The number of nitrogens with zero attached hydrogens (tertiary/aromatic N) is 2. The molecule has 1 aromatic rings. The van der Waals surface area contributed by atoms with Gasteiger partial charge in [-0.15, -0.1) is 11.6 Å². The van der Waals surface area contributed by atoms with Gasteiger partial charge in [0, 0.05) is 25.2 Å². The SMILES string of the molecule is CN(CCC#N)c1ccc(F)cc1CCl. The molecule has 0 aliphatic heterocycles. The van der Waals surface area contributed by atoms with E-state index in [4.69, 9.17) is 16.9 Å². The zero-order valence-electron chi connectivity index (χ0n) is 8.50. The van der Waals surface area contributed by atoms with Crippen LogP contribution in [0.1, 0.15) is 12.0 Å². The molecular formula is C11H12ClFN2. The summed E-state index contributed by atoms with van der Waals surface area (Å²) in [6.07, 6.45) is 0.440. The van der Waals surface area contributed by atoms with Crippen molar-refractivity contribution in [2.75, 3.05) is 18.5 Å². The second-order valence-corrected chi connectivity index (χ2v) is 3.50. The monoisotopic (exact) mass is 226 g/mol. The molecule has 0 fully saturated rings. The largest absolute Gasteiger partial charge is 0.373 e. The Balaban J connectivity index is 2.88. The molecule has 0 spiro atoms. The maximum absolute atomic E-state index is 12.9. The summed E-state index contributed by atoms with van der Waals surface area (Å²) in [6, 6.07) is 6.57. The van der Waals surface area contributed by atoms with Gasteiger partial charge in [-0.05, 0) is 23.8 Å². The number of rotatable bonds is 4. The Bertz CT molecular complexity index is 373. The maximum atomic E-state index is 12.9. The van der Waals surface area contributed by atoms with Gasteiger partial charge in [-0.3, -0.25) is 0 Å². The lowest BCUT2D eigenvalue weighted by Crippen LogP contribution is -2.19. The third kappa shape index (κ3) is 3.10. The molecule has 0 aromatic heterocycles. The van der Waals surface area contributed by atoms with E-state index in [0.717, 1.165) is 11.3 Å². The zero-order chi connectivity index (χ0) is 11.3. The molecule has 1 aromatic carbocycles. The minimum Gasteiger partial charge on any atom is -0.373 e. The molecule has 0 radical (unpaired) electrons. The van der Waals surface area contributed by atoms with E-state index in [1.165, 1.54) is 12.1 Å². The topological polar surface area (TPSA) is 27.0 Å². The Morgan fingerprint density at radius 2 is 2.27 bits per heavy atom. The highest BCUT2D eigenvalue weighted by molar-refractivity contribution is 6.17. The highest BCUT2D eigenvalue weighted by Crippen LogP contribution is 2.22. The van der Waals surface area contributed by atoms with Crippen molar-refractivity contribution in [3.05, 3.63) is 29.6 Å². The Hall–Kier alpha value is -1.27. The van der Waals surface area contributed by atoms with Crippen LogP contribution in [0, 0.1) is 17.1 Å². The second kappa shape index (κ2) is 5.57. The fraction of sp³-hybridized carbons (Fsp3) is 0.364. The van der Waals surface area contributed by atoms with Crippen molar-refractivity contribution >= 4 is 17.3 Å². The molecule has 0 aliphatic rings. The van der Waals surface area contributed by atoms with Crippen molar-refractivity contribution in [1.29, 1.82) is 5.26 Å². The summed E-state index contributed by atoms with van der Waals surface area (Å²) < 4.78 is 12.9. The Labute approximate surface area is 93.9 Å². The molecule has 0 atom stereocenters. The first kappa shape index (κ1) is 11.8. The van der Waals surface area contributed by atoms with Gasteiger partial charge in [0.25, 0.3) is 0 Å². The van der Waals surface area contributed by atoms with Crippen molar-refractivity contribution in [1.82, 2.24) is 0 Å². The summed E-state index contributed by atoms with van der Waals surface area (Å²) in [7, 11) is 1.86. The second-order valence-electron chi connectivity index (χ2n) is 3.24. The minimum atomic E-state index is -0.289. The molecule has 1 rings (SSSR count). The van der Waals surface area contributed by atoms with Gasteiger partial charge in [-0.1, -0.05) is 0 Å². The van der Waals surface area contributed by atoms with E-state index in [0.29, 0.717) is 13.0 Å². The predicted octanol–water partition coefficient (Wildman–Crippen LogP) is 2.91. The highest BCUT2D eigenvalue weighted by Gasteiger charge is 2.07. The average molecular weight is 227 g/mol. The fourth-order valence-corrected chi connectivity index (χ4v) is 1.59. The first-order valence-electron chi connectivity index (χ1n) is 4.61. The van der Waals surface area contributed by atoms with E-state index in [9.17, 15) is 4.39 Å². The smallest absolute Gasteiger partial charge is 0.123 e. The zero-order valence-corrected chi connectivity index (χ0v) is 9.26. The summed E-state index contributed by atoms with van der Waals surface area (Å²) >= 11 is 5.72. The van der Waals surface area contributed by atoms with Crippen molar-refractivity contribution in [3.8, 4) is 6.07 Å². The summed E-state index contributed by atoms with van der Waals surface area (Å²) in [5.74, 6) is -0.0210. The number of alkyl halides is 1. The van der Waals surface area contributed by atoms with Gasteiger partial charge >= 0.3 is 0 Å². The van der Waals surface area contributed by atoms with Crippen LogP contribution in [0.5, 0.6) is 0 Å². The van der Waals surface area contributed by atoms with E-state index in [2.05, 4.69) is 6.07 Å². The lowest BCUT2D eigenvalue weighted by Gasteiger charge is -2.20. The summed E-state index contributed by atoms with van der Waals surface area (Å²) in [5, 5.41) is 8.47. The van der Waals surface area contributed by atoms with Crippen LogP contribution in [0.3, 0.4) is 0 Å². The normalized spacial score (nSPS) is 9.73. The Kier molecular flexibility index (Phi) is 4.38. The maximum Gasteiger partial charge on any atom is 0.123 e. The molecule has 0 N–H and O–H groups in total. The third-order valence-electron chi connectivity index (χ3n) is 2.16. The van der Waals surface area contributed by atoms with Crippen molar-refractivity contribution in [2.24, 2.45) is 0 Å². The highest BCUT2D eigenvalue weighted by atomic mass is 35.5. The van der Waals surface area contributed by atoms with Gasteiger partial charge in [0.1, 0.15) is 5.82 Å². The lowest BCUT2D eigenvalue weighted by atomic mass is 10.1.